The lowest BCUT2D eigenvalue weighted by atomic mass is 10.0. The maximum Gasteiger partial charge on any atom is 0.0916 e. The highest BCUT2D eigenvalue weighted by Gasteiger charge is 2.11. The van der Waals surface area contributed by atoms with Crippen LogP contribution in [-0.2, 0) is 6.54 Å². The van der Waals surface area contributed by atoms with Crippen molar-refractivity contribution in [2.75, 3.05) is 13.6 Å². The number of aliphatic hydroxyl groups excluding tert-OH is 1. The Kier molecular flexibility index (Phi) is 4.94. The lowest BCUT2D eigenvalue weighted by Crippen LogP contribution is -2.24. The molecule has 106 valence electrons. The molecule has 0 amide bonds. The number of rotatable bonds is 5. The van der Waals surface area contributed by atoms with Crippen LogP contribution in [0.5, 0.6) is 0 Å². The molecule has 0 aliphatic heterocycles. The molecule has 2 aromatic carbocycles. The van der Waals surface area contributed by atoms with Gasteiger partial charge in [-0.05, 0) is 37.6 Å². The lowest BCUT2D eigenvalue weighted by Gasteiger charge is -2.22. The Morgan fingerprint density at radius 3 is 2.45 bits per heavy atom. The van der Waals surface area contributed by atoms with Crippen molar-refractivity contribution in [1.82, 2.24) is 4.90 Å². The van der Waals surface area contributed by atoms with Crippen LogP contribution in [0.3, 0.4) is 0 Å². The lowest BCUT2D eigenvalue weighted by molar-refractivity contribution is 0.123. The molecule has 0 fully saturated rings. The first-order chi connectivity index (χ1) is 9.56. The highest BCUT2D eigenvalue weighted by Crippen LogP contribution is 2.16. The third-order valence-corrected chi connectivity index (χ3v) is 3.61. The number of benzene rings is 2. The van der Waals surface area contributed by atoms with E-state index < -0.39 is 6.10 Å². The Bertz CT molecular complexity index is 551. The molecule has 0 saturated carbocycles. The Morgan fingerprint density at radius 1 is 1.05 bits per heavy atom. The molecule has 0 aliphatic carbocycles. The van der Waals surface area contributed by atoms with Gasteiger partial charge >= 0.3 is 0 Å². The number of hydrogen-bond acceptors (Lipinski definition) is 2. The molecule has 2 nitrogen and oxygen atoms in total. The van der Waals surface area contributed by atoms with Crippen molar-refractivity contribution < 1.29 is 5.11 Å². The van der Waals surface area contributed by atoms with Crippen LogP contribution in [0.15, 0.2) is 48.5 Å². The maximum absolute atomic E-state index is 10.3. The van der Waals surface area contributed by atoms with Crippen molar-refractivity contribution in [1.29, 1.82) is 0 Å². The van der Waals surface area contributed by atoms with Crippen molar-refractivity contribution in [3.8, 4) is 0 Å². The summed E-state index contributed by atoms with van der Waals surface area (Å²) in [5, 5.41) is 10.3. The summed E-state index contributed by atoms with van der Waals surface area (Å²) < 4.78 is 0. The zero-order chi connectivity index (χ0) is 14.5. The van der Waals surface area contributed by atoms with Gasteiger partial charge in [-0.3, -0.25) is 4.90 Å². The van der Waals surface area contributed by atoms with Crippen molar-refractivity contribution in [2.45, 2.75) is 26.5 Å². The van der Waals surface area contributed by atoms with Crippen LogP contribution in [0, 0.1) is 13.8 Å². The van der Waals surface area contributed by atoms with E-state index >= 15 is 0 Å². The highest BCUT2D eigenvalue weighted by atomic mass is 16.3. The summed E-state index contributed by atoms with van der Waals surface area (Å²) in [5.41, 5.74) is 4.88. The fourth-order valence-electron chi connectivity index (χ4n) is 2.40. The van der Waals surface area contributed by atoms with E-state index in [1.54, 1.807) is 0 Å². The van der Waals surface area contributed by atoms with Crippen molar-refractivity contribution in [3.63, 3.8) is 0 Å². The molecule has 1 N–H and O–H groups in total. The number of nitrogens with zero attached hydrogens (tertiary/aromatic N) is 1. The molecule has 0 heterocycles. The monoisotopic (exact) mass is 269 g/mol. The van der Waals surface area contributed by atoms with Gasteiger partial charge in [0.2, 0.25) is 0 Å². The summed E-state index contributed by atoms with van der Waals surface area (Å²) in [6.45, 7) is 5.74. The Morgan fingerprint density at radius 2 is 1.75 bits per heavy atom. The van der Waals surface area contributed by atoms with Crippen LogP contribution in [0.2, 0.25) is 0 Å². The van der Waals surface area contributed by atoms with E-state index in [2.05, 4.69) is 36.9 Å². The van der Waals surface area contributed by atoms with Gasteiger partial charge in [-0.2, -0.15) is 0 Å². The zero-order valence-electron chi connectivity index (χ0n) is 12.5. The minimum absolute atomic E-state index is 0.439. The van der Waals surface area contributed by atoms with Gasteiger partial charge in [0.25, 0.3) is 0 Å². The molecule has 0 bridgehead atoms. The maximum atomic E-state index is 10.3. The van der Waals surface area contributed by atoms with Crippen LogP contribution in [0.4, 0.5) is 0 Å². The van der Waals surface area contributed by atoms with E-state index in [-0.39, 0.29) is 0 Å². The van der Waals surface area contributed by atoms with Crippen LogP contribution in [0.1, 0.15) is 28.4 Å². The van der Waals surface area contributed by atoms with Crippen molar-refractivity contribution in [2.24, 2.45) is 0 Å². The predicted molar refractivity (Wildman–Crippen MR) is 83.7 cm³/mol. The molecule has 20 heavy (non-hydrogen) atoms. The van der Waals surface area contributed by atoms with Crippen LogP contribution >= 0.6 is 0 Å². The van der Waals surface area contributed by atoms with Gasteiger partial charge in [-0.1, -0.05) is 54.1 Å². The molecule has 0 saturated heterocycles. The van der Waals surface area contributed by atoms with E-state index in [1.165, 1.54) is 16.7 Å². The third kappa shape index (κ3) is 3.92. The van der Waals surface area contributed by atoms with E-state index in [0.717, 1.165) is 12.1 Å². The fourth-order valence-corrected chi connectivity index (χ4v) is 2.40. The minimum atomic E-state index is -0.439. The highest BCUT2D eigenvalue weighted by molar-refractivity contribution is 5.30. The Labute approximate surface area is 121 Å². The average molecular weight is 269 g/mol. The van der Waals surface area contributed by atoms with Gasteiger partial charge in [0.05, 0.1) is 6.10 Å². The first kappa shape index (κ1) is 14.8. The first-order valence-electron chi connectivity index (χ1n) is 7.04. The largest absolute Gasteiger partial charge is 0.387 e. The second-order valence-corrected chi connectivity index (χ2v) is 5.55. The van der Waals surface area contributed by atoms with E-state index in [0.29, 0.717) is 6.54 Å². The van der Waals surface area contributed by atoms with Crippen LogP contribution in [-0.4, -0.2) is 23.6 Å². The minimum Gasteiger partial charge on any atom is -0.387 e. The molecule has 0 aromatic heterocycles. The zero-order valence-corrected chi connectivity index (χ0v) is 12.5. The normalized spacial score (nSPS) is 12.7. The molecule has 2 aromatic rings. The molecular formula is C18H23NO. The van der Waals surface area contributed by atoms with Gasteiger partial charge in [-0.25, -0.2) is 0 Å². The number of likely N-dealkylation sites (N-methyl/N-ethyl adjacent to an activating group) is 1. The molecule has 0 spiro atoms. The van der Waals surface area contributed by atoms with Crippen LogP contribution < -0.4 is 0 Å². The molecule has 1 atom stereocenters. The summed E-state index contributed by atoms with van der Waals surface area (Å²) in [5.74, 6) is 0. The molecule has 0 unspecified atom stereocenters. The summed E-state index contributed by atoms with van der Waals surface area (Å²) >= 11 is 0. The number of hydrogen-bond donors (Lipinski definition) is 1. The van der Waals surface area contributed by atoms with Gasteiger partial charge in [0.15, 0.2) is 0 Å². The molecule has 0 aliphatic rings. The molecule has 0 radical (unpaired) electrons. The Hall–Kier alpha value is -1.64. The predicted octanol–water partition coefficient (Wildman–Crippen LogP) is 3.47. The average Bonchev–Trinajstić information content (AvgIpc) is 2.43. The van der Waals surface area contributed by atoms with Crippen molar-refractivity contribution in [3.05, 3.63) is 70.8 Å². The van der Waals surface area contributed by atoms with E-state index in [9.17, 15) is 5.11 Å². The standard InChI is InChI=1S/C18H23NO/c1-14-9-10-15(2)17(11-14)12-19(3)13-18(20)16-7-5-4-6-8-16/h4-11,18,20H,12-13H2,1-3H3/t18-/m0/s1. The molecule has 2 rings (SSSR count). The summed E-state index contributed by atoms with van der Waals surface area (Å²) in [7, 11) is 2.05. The number of aliphatic hydroxyl groups is 1. The van der Waals surface area contributed by atoms with Gasteiger partial charge in [0.1, 0.15) is 0 Å². The second-order valence-electron chi connectivity index (χ2n) is 5.55. The summed E-state index contributed by atoms with van der Waals surface area (Å²) in [6.07, 6.45) is -0.439. The van der Waals surface area contributed by atoms with Crippen molar-refractivity contribution >= 4 is 0 Å². The van der Waals surface area contributed by atoms with Gasteiger partial charge in [0, 0.05) is 13.1 Å². The number of aryl methyl sites for hydroxylation is 2. The Balaban J connectivity index is 1.99. The second kappa shape index (κ2) is 6.69. The smallest absolute Gasteiger partial charge is 0.0916 e. The van der Waals surface area contributed by atoms with E-state index in [4.69, 9.17) is 0 Å². The summed E-state index contributed by atoms with van der Waals surface area (Å²) in [6, 6.07) is 16.3. The first-order valence-corrected chi connectivity index (χ1v) is 7.04. The van der Waals surface area contributed by atoms with Gasteiger partial charge < -0.3 is 5.11 Å². The van der Waals surface area contributed by atoms with Crippen LogP contribution in [0.25, 0.3) is 0 Å². The summed E-state index contributed by atoms with van der Waals surface area (Å²) in [4.78, 5) is 2.17. The topological polar surface area (TPSA) is 23.5 Å². The quantitative estimate of drug-likeness (QED) is 0.898. The molecule has 2 heteroatoms. The van der Waals surface area contributed by atoms with E-state index in [1.807, 2.05) is 37.4 Å². The van der Waals surface area contributed by atoms with Gasteiger partial charge in [-0.15, -0.1) is 0 Å². The molecular weight excluding hydrogens is 246 g/mol. The third-order valence-electron chi connectivity index (χ3n) is 3.61. The SMILES string of the molecule is Cc1ccc(C)c(CN(C)C[C@H](O)c2ccccc2)c1. The fraction of sp³-hybridized carbons (Fsp3) is 0.333.